The molecule has 1 amide bonds. The van der Waals surface area contributed by atoms with Crippen molar-refractivity contribution in [3.63, 3.8) is 0 Å². The lowest BCUT2D eigenvalue weighted by Gasteiger charge is -2.08. The lowest BCUT2D eigenvalue weighted by molar-refractivity contribution is -0.129. The van der Waals surface area contributed by atoms with Crippen molar-refractivity contribution in [2.45, 2.75) is 12.5 Å². The quantitative estimate of drug-likeness (QED) is 0.412. The van der Waals surface area contributed by atoms with Crippen molar-refractivity contribution in [3.05, 3.63) is 0 Å². The second-order valence-corrected chi connectivity index (χ2v) is 2.52. The van der Waals surface area contributed by atoms with Crippen LogP contribution in [0.3, 0.4) is 0 Å². The van der Waals surface area contributed by atoms with E-state index in [1.54, 1.807) is 0 Å². The summed E-state index contributed by atoms with van der Waals surface area (Å²) in [6.45, 7) is 0.694. The fourth-order valence-electron chi connectivity index (χ4n) is 1.32. The molecule has 2 aliphatic rings. The van der Waals surface area contributed by atoms with Gasteiger partial charge in [-0.2, -0.15) is 0 Å². The van der Waals surface area contributed by atoms with E-state index in [2.05, 4.69) is 0 Å². The molecule has 0 unspecified atom stereocenters. The second kappa shape index (κ2) is 1.79. The largest absolute Gasteiger partial charge is 0.358 e. The molecular weight excluding hydrogens is 134 g/mol. The molecule has 0 aromatic carbocycles. The first-order valence-corrected chi connectivity index (χ1v) is 3.19. The topological polar surface area (TPSA) is 46.6 Å². The van der Waals surface area contributed by atoms with Crippen molar-refractivity contribution in [2.75, 3.05) is 13.3 Å². The predicted octanol–water partition coefficient (Wildman–Crippen LogP) is -0.856. The Balaban J connectivity index is 2.27. The number of rotatable bonds is 0. The molecule has 4 heteroatoms. The van der Waals surface area contributed by atoms with E-state index in [0.717, 1.165) is 0 Å². The molecule has 0 aliphatic carbocycles. The van der Waals surface area contributed by atoms with Crippen molar-refractivity contribution >= 4 is 11.7 Å². The maximum atomic E-state index is 10.9. The van der Waals surface area contributed by atoms with E-state index in [0.29, 0.717) is 13.3 Å². The van der Waals surface area contributed by atoms with E-state index < -0.39 is 0 Å². The van der Waals surface area contributed by atoms with Gasteiger partial charge < -0.3 is 9.64 Å². The zero-order chi connectivity index (χ0) is 7.14. The average molecular weight is 141 g/mol. The van der Waals surface area contributed by atoms with Gasteiger partial charge in [-0.15, -0.1) is 0 Å². The van der Waals surface area contributed by atoms with E-state index in [1.165, 1.54) is 4.90 Å². The fourth-order valence-corrected chi connectivity index (χ4v) is 1.32. The highest BCUT2D eigenvalue weighted by molar-refractivity contribution is 6.07. The molecule has 2 fully saturated rings. The Morgan fingerprint density at radius 1 is 1.50 bits per heavy atom. The van der Waals surface area contributed by atoms with Crippen LogP contribution in [0.4, 0.5) is 0 Å². The Labute approximate surface area is 57.7 Å². The number of fused-ring (bicyclic) bond motifs is 1. The monoisotopic (exact) mass is 141 g/mol. The highest BCUT2D eigenvalue weighted by atomic mass is 16.5. The van der Waals surface area contributed by atoms with Crippen molar-refractivity contribution in [1.29, 1.82) is 0 Å². The molecule has 0 aromatic rings. The zero-order valence-electron chi connectivity index (χ0n) is 5.37. The van der Waals surface area contributed by atoms with Crippen LogP contribution in [-0.2, 0) is 14.3 Å². The fraction of sp³-hybridized carbons (Fsp3) is 0.667. The molecule has 0 N–H and O–H groups in total. The van der Waals surface area contributed by atoms with Crippen LogP contribution in [0.2, 0.25) is 0 Å². The molecule has 2 saturated heterocycles. The SMILES string of the molecule is O=C1CC(=O)N2COC[C@H]12. The Morgan fingerprint density at radius 3 is 3.00 bits per heavy atom. The molecule has 0 saturated carbocycles. The summed E-state index contributed by atoms with van der Waals surface area (Å²) in [6, 6.07) is -0.257. The number of hydrogen-bond donors (Lipinski definition) is 0. The Hall–Kier alpha value is -0.900. The van der Waals surface area contributed by atoms with Crippen molar-refractivity contribution in [1.82, 2.24) is 4.90 Å². The van der Waals surface area contributed by atoms with Gasteiger partial charge >= 0.3 is 0 Å². The first-order valence-electron chi connectivity index (χ1n) is 3.19. The molecule has 0 aromatic heterocycles. The molecule has 4 nitrogen and oxygen atoms in total. The number of carbonyl (C=O) groups is 2. The highest BCUT2D eigenvalue weighted by Crippen LogP contribution is 2.19. The van der Waals surface area contributed by atoms with Crippen LogP contribution in [0.1, 0.15) is 6.42 Å². The van der Waals surface area contributed by atoms with Gasteiger partial charge in [-0.25, -0.2) is 0 Å². The standard InChI is InChI=1S/C6H7NO3/c8-5-1-6(9)7-3-10-2-4(5)7/h4H,1-3H2/t4-/m1/s1. The Morgan fingerprint density at radius 2 is 2.30 bits per heavy atom. The maximum absolute atomic E-state index is 10.9. The van der Waals surface area contributed by atoms with Gasteiger partial charge in [0.2, 0.25) is 5.91 Å². The third kappa shape index (κ3) is 0.593. The average Bonchev–Trinajstić information content (AvgIpc) is 2.39. The highest BCUT2D eigenvalue weighted by Gasteiger charge is 2.41. The van der Waals surface area contributed by atoms with E-state index in [9.17, 15) is 9.59 Å². The number of carbonyl (C=O) groups excluding carboxylic acids is 2. The molecule has 0 radical (unpaired) electrons. The van der Waals surface area contributed by atoms with Crippen molar-refractivity contribution < 1.29 is 14.3 Å². The van der Waals surface area contributed by atoms with Gasteiger partial charge in [-0.05, 0) is 0 Å². The number of Topliss-reactive ketones (excluding diaryl/α,β-unsaturated/α-hetero) is 1. The lowest BCUT2D eigenvalue weighted by Crippen LogP contribution is -2.30. The Kier molecular flexibility index (Phi) is 1.05. The normalized spacial score (nSPS) is 31.6. The minimum absolute atomic E-state index is 0.00231. The van der Waals surface area contributed by atoms with Crippen molar-refractivity contribution in [3.8, 4) is 0 Å². The molecular formula is C6H7NO3. The third-order valence-electron chi connectivity index (χ3n) is 1.90. The van der Waals surface area contributed by atoms with E-state index >= 15 is 0 Å². The molecule has 2 rings (SSSR count). The zero-order valence-corrected chi connectivity index (χ0v) is 5.37. The summed E-state index contributed by atoms with van der Waals surface area (Å²) in [5.41, 5.74) is 0. The number of hydrogen-bond acceptors (Lipinski definition) is 3. The van der Waals surface area contributed by atoms with E-state index in [1.807, 2.05) is 0 Å². The van der Waals surface area contributed by atoms with Gasteiger partial charge in [0, 0.05) is 0 Å². The summed E-state index contributed by atoms with van der Waals surface area (Å²) in [6.07, 6.45) is 0.0774. The summed E-state index contributed by atoms with van der Waals surface area (Å²) in [5.74, 6) is -0.0880. The molecule has 1 atom stereocenters. The van der Waals surface area contributed by atoms with Gasteiger partial charge in [-0.1, -0.05) is 0 Å². The van der Waals surface area contributed by atoms with Crippen LogP contribution in [0.25, 0.3) is 0 Å². The van der Waals surface area contributed by atoms with Gasteiger partial charge in [0.15, 0.2) is 5.78 Å². The van der Waals surface area contributed by atoms with Gasteiger partial charge in [0.1, 0.15) is 12.8 Å². The second-order valence-electron chi connectivity index (χ2n) is 2.52. The van der Waals surface area contributed by atoms with Crippen molar-refractivity contribution in [2.24, 2.45) is 0 Å². The van der Waals surface area contributed by atoms with Gasteiger partial charge in [0.25, 0.3) is 0 Å². The number of amides is 1. The summed E-state index contributed by atoms with van der Waals surface area (Å²) >= 11 is 0. The molecule has 10 heavy (non-hydrogen) atoms. The molecule has 54 valence electrons. The summed E-state index contributed by atoms with van der Waals surface area (Å²) in [7, 11) is 0. The minimum Gasteiger partial charge on any atom is -0.358 e. The summed E-state index contributed by atoms with van der Waals surface area (Å²) in [4.78, 5) is 23.3. The van der Waals surface area contributed by atoms with Crippen LogP contribution in [0, 0.1) is 0 Å². The molecule has 0 spiro atoms. The summed E-state index contributed by atoms with van der Waals surface area (Å²) < 4.78 is 4.94. The van der Waals surface area contributed by atoms with Crippen LogP contribution < -0.4 is 0 Å². The number of ketones is 1. The predicted molar refractivity (Wildman–Crippen MR) is 31.1 cm³/mol. The first kappa shape index (κ1) is 5.85. The molecule has 2 aliphatic heterocycles. The van der Waals surface area contributed by atoms with E-state index in [-0.39, 0.29) is 24.2 Å². The lowest BCUT2D eigenvalue weighted by atomic mass is 10.2. The first-order chi connectivity index (χ1) is 4.79. The minimum atomic E-state index is -0.257. The van der Waals surface area contributed by atoms with Crippen LogP contribution in [0.15, 0.2) is 0 Å². The van der Waals surface area contributed by atoms with Crippen LogP contribution in [0.5, 0.6) is 0 Å². The van der Waals surface area contributed by atoms with Crippen LogP contribution in [-0.4, -0.2) is 36.0 Å². The number of nitrogens with zero attached hydrogens (tertiary/aromatic N) is 1. The van der Waals surface area contributed by atoms with Crippen LogP contribution >= 0.6 is 0 Å². The summed E-state index contributed by atoms with van der Waals surface area (Å²) in [5, 5.41) is 0. The third-order valence-corrected chi connectivity index (χ3v) is 1.90. The van der Waals surface area contributed by atoms with Gasteiger partial charge in [0.05, 0.1) is 13.0 Å². The van der Waals surface area contributed by atoms with E-state index in [4.69, 9.17) is 4.74 Å². The van der Waals surface area contributed by atoms with Gasteiger partial charge in [-0.3, -0.25) is 9.59 Å². The molecule has 2 heterocycles. The Bertz CT molecular complexity index is 181. The number of ether oxygens (including phenoxy) is 1. The molecule has 0 bridgehead atoms. The smallest absolute Gasteiger partial charge is 0.232 e. The maximum Gasteiger partial charge on any atom is 0.232 e.